The highest BCUT2D eigenvalue weighted by Gasteiger charge is 2.30. The summed E-state index contributed by atoms with van der Waals surface area (Å²) in [5.41, 5.74) is 1.37. The Balaban J connectivity index is 1.62. The molecule has 2 amide bonds. The number of hydrogen-bond acceptors (Lipinski definition) is 6. The molecule has 2 aromatic carbocycles. The van der Waals surface area contributed by atoms with Crippen LogP contribution in [0.1, 0.15) is 18.9 Å². The molecule has 0 aliphatic carbocycles. The van der Waals surface area contributed by atoms with E-state index in [2.05, 4.69) is 5.32 Å². The molecule has 1 aliphatic rings. The topological polar surface area (TPSA) is 109 Å². The number of rotatable bonds is 5. The van der Waals surface area contributed by atoms with Gasteiger partial charge in [0.05, 0.1) is 16.9 Å². The van der Waals surface area contributed by atoms with Crippen molar-refractivity contribution in [2.45, 2.75) is 19.4 Å². The van der Waals surface area contributed by atoms with Gasteiger partial charge in [-0.3, -0.25) is 9.59 Å². The molecular formula is C21H19N3O5. The average Bonchev–Trinajstić information content (AvgIpc) is 2.84. The highest BCUT2D eigenvalue weighted by molar-refractivity contribution is 6.05. The maximum Gasteiger partial charge on any atom is 0.344 e. The van der Waals surface area contributed by atoms with E-state index in [-0.39, 0.29) is 18.1 Å². The number of nitrogens with one attached hydrogen (secondary N) is 1. The number of nitrogens with zero attached hydrogens (tertiary/aromatic N) is 2. The summed E-state index contributed by atoms with van der Waals surface area (Å²) in [6.45, 7) is 0.830. The van der Waals surface area contributed by atoms with Crippen molar-refractivity contribution < 1.29 is 23.9 Å². The summed E-state index contributed by atoms with van der Waals surface area (Å²) < 4.78 is 10.3. The molecule has 0 saturated carbocycles. The molecule has 8 nitrogen and oxygen atoms in total. The van der Waals surface area contributed by atoms with E-state index in [0.29, 0.717) is 16.9 Å². The third-order valence-electron chi connectivity index (χ3n) is 4.34. The molecule has 29 heavy (non-hydrogen) atoms. The Morgan fingerprint density at radius 1 is 1.17 bits per heavy atom. The third kappa shape index (κ3) is 4.71. The van der Waals surface area contributed by atoms with E-state index in [0.717, 1.165) is 0 Å². The van der Waals surface area contributed by atoms with Gasteiger partial charge in [0.25, 0.3) is 5.91 Å². The maximum absolute atomic E-state index is 12.7. The first-order valence-corrected chi connectivity index (χ1v) is 8.98. The standard InChI is InChI=1S/C21H19N3O5/c1-14-10-19(25)23-16-7-3-4-8-17(16)24(14)20(26)12-29-21(27)13-28-18-9-5-2-6-15(18)11-22/h2-9,14H,10,12-13H2,1H3,(H,23,25)/t14-/m0/s1. The van der Waals surface area contributed by atoms with Gasteiger partial charge in [0.1, 0.15) is 11.8 Å². The molecule has 0 radical (unpaired) electrons. The van der Waals surface area contributed by atoms with Crippen LogP contribution in [0.4, 0.5) is 11.4 Å². The first-order chi connectivity index (χ1) is 14.0. The van der Waals surface area contributed by atoms with Gasteiger partial charge < -0.3 is 19.7 Å². The Hall–Kier alpha value is -3.86. The summed E-state index contributed by atoms with van der Waals surface area (Å²) in [6, 6.07) is 15.0. The zero-order chi connectivity index (χ0) is 20.8. The molecule has 1 N–H and O–H groups in total. The second kappa shape index (κ2) is 8.89. The molecule has 0 saturated heterocycles. The van der Waals surface area contributed by atoms with Crippen molar-refractivity contribution in [1.82, 2.24) is 0 Å². The number of fused-ring (bicyclic) bond motifs is 1. The zero-order valence-electron chi connectivity index (χ0n) is 15.8. The molecule has 0 bridgehead atoms. The zero-order valence-corrected chi connectivity index (χ0v) is 15.8. The molecular weight excluding hydrogens is 374 g/mol. The van der Waals surface area contributed by atoms with Gasteiger partial charge in [-0.2, -0.15) is 5.26 Å². The van der Waals surface area contributed by atoms with E-state index in [1.54, 1.807) is 55.5 Å². The molecule has 8 heteroatoms. The highest BCUT2D eigenvalue weighted by atomic mass is 16.6. The van der Waals surface area contributed by atoms with E-state index in [1.807, 2.05) is 6.07 Å². The quantitative estimate of drug-likeness (QED) is 0.781. The Kier molecular flexibility index (Phi) is 6.09. The van der Waals surface area contributed by atoms with Gasteiger partial charge in [-0.25, -0.2) is 4.79 Å². The molecule has 2 aromatic rings. The molecule has 0 fully saturated rings. The van der Waals surface area contributed by atoms with Gasteiger partial charge in [0.2, 0.25) is 5.91 Å². The van der Waals surface area contributed by atoms with Crippen LogP contribution in [-0.2, 0) is 19.1 Å². The third-order valence-corrected chi connectivity index (χ3v) is 4.34. The van der Waals surface area contributed by atoms with Crippen LogP contribution in [0.5, 0.6) is 5.75 Å². The number of ether oxygens (including phenoxy) is 2. The normalized spacial score (nSPS) is 15.4. The fourth-order valence-corrected chi connectivity index (χ4v) is 3.04. The number of carbonyl (C=O) groups excluding carboxylic acids is 3. The number of esters is 1. The average molecular weight is 393 g/mol. The fraction of sp³-hybridized carbons (Fsp3) is 0.238. The van der Waals surface area contributed by atoms with E-state index in [9.17, 15) is 14.4 Å². The minimum Gasteiger partial charge on any atom is -0.481 e. The lowest BCUT2D eigenvalue weighted by atomic mass is 10.1. The lowest BCUT2D eigenvalue weighted by Crippen LogP contribution is -2.41. The number of nitriles is 1. The largest absolute Gasteiger partial charge is 0.481 e. The van der Waals surface area contributed by atoms with Crippen molar-refractivity contribution in [2.24, 2.45) is 0 Å². The number of carbonyl (C=O) groups is 3. The summed E-state index contributed by atoms with van der Waals surface area (Å²) in [5.74, 6) is -1.12. The summed E-state index contributed by atoms with van der Waals surface area (Å²) in [7, 11) is 0. The van der Waals surface area contributed by atoms with Gasteiger partial charge >= 0.3 is 5.97 Å². The summed E-state index contributed by atoms with van der Waals surface area (Å²) in [4.78, 5) is 38.2. The Morgan fingerprint density at radius 2 is 1.90 bits per heavy atom. The van der Waals surface area contributed by atoms with E-state index in [4.69, 9.17) is 14.7 Å². The molecule has 1 aliphatic heterocycles. The van der Waals surface area contributed by atoms with Gasteiger partial charge in [-0.05, 0) is 31.2 Å². The van der Waals surface area contributed by atoms with Crippen LogP contribution in [0.2, 0.25) is 0 Å². The van der Waals surface area contributed by atoms with Crippen molar-refractivity contribution in [3.63, 3.8) is 0 Å². The number of benzene rings is 2. The minimum atomic E-state index is -0.740. The number of amides is 2. The lowest BCUT2D eigenvalue weighted by Gasteiger charge is -2.27. The SMILES string of the molecule is C[C@H]1CC(=O)Nc2ccccc2N1C(=O)COC(=O)COc1ccccc1C#N. The second-order valence-corrected chi connectivity index (χ2v) is 6.44. The van der Waals surface area contributed by atoms with Gasteiger partial charge in [-0.1, -0.05) is 24.3 Å². The first-order valence-electron chi connectivity index (χ1n) is 8.98. The number of anilines is 2. The molecule has 148 valence electrons. The molecule has 0 spiro atoms. The second-order valence-electron chi connectivity index (χ2n) is 6.44. The van der Waals surface area contributed by atoms with Crippen molar-refractivity contribution in [3.8, 4) is 11.8 Å². The Labute approximate surface area is 167 Å². The van der Waals surface area contributed by atoms with Crippen LogP contribution in [0.3, 0.4) is 0 Å². The number of hydrogen-bond donors (Lipinski definition) is 1. The van der Waals surface area contributed by atoms with Crippen LogP contribution in [-0.4, -0.2) is 37.0 Å². The predicted octanol–water partition coefficient (Wildman–Crippen LogP) is 2.24. The lowest BCUT2D eigenvalue weighted by molar-refractivity contribution is -0.149. The van der Waals surface area contributed by atoms with Crippen LogP contribution in [0.15, 0.2) is 48.5 Å². The van der Waals surface area contributed by atoms with Crippen LogP contribution in [0, 0.1) is 11.3 Å². The highest BCUT2D eigenvalue weighted by Crippen LogP contribution is 2.31. The van der Waals surface area contributed by atoms with Crippen LogP contribution >= 0.6 is 0 Å². The van der Waals surface area contributed by atoms with Crippen molar-refractivity contribution >= 4 is 29.2 Å². The Morgan fingerprint density at radius 3 is 2.69 bits per heavy atom. The summed E-state index contributed by atoms with van der Waals surface area (Å²) in [5, 5.41) is 11.8. The predicted molar refractivity (Wildman–Crippen MR) is 104 cm³/mol. The van der Waals surface area contributed by atoms with Gasteiger partial charge in [-0.15, -0.1) is 0 Å². The van der Waals surface area contributed by atoms with E-state index in [1.165, 1.54) is 4.90 Å². The maximum atomic E-state index is 12.7. The van der Waals surface area contributed by atoms with E-state index >= 15 is 0 Å². The molecule has 0 aromatic heterocycles. The monoisotopic (exact) mass is 393 g/mol. The van der Waals surface area contributed by atoms with Crippen LogP contribution in [0.25, 0.3) is 0 Å². The van der Waals surface area contributed by atoms with E-state index < -0.39 is 31.1 Å². The van der Waals surface area contributed by atoms with Crippen molar-refractivity contribution in [1.29, 1.82) is 5.26 Å². The number of para-hydroxylation sites is 3. The minimum absolute atomic E-state index is 0.127. The summed E-state index contributed by atoms with van der Waals surface area (Å²) >= 11 is 0. The Bertz CT molecular complexity index is 982. The van der Waals surface area contributed by atoms with Gasteiger partial charge in [0.15, 0.2) is 13.2 Å². The van der Waals surface area contributed by atoms with Crippen molar-refractivity contribution in [3.05, 3.63) is 54.1 Å². The molecule has 3 rings (SSSR count). The smallest absolute Gasteiger partial charge is 0.344 e. The molecule has 1 heterocycles. The van der Waals surface area contributed by atoms with Crippen LogP contribution < -0.4 is 15.0 Å². The van der Waals surface area contributed by atoms with Gasteiger partial charge in [0, 0.05) is 12.5 Å². The summed E-state index contributed by atoms with van der Waals surface area (Å²) in [6.07, 6.45) is 0.127. The molecule has 0 unspecified atom stereocenters. The van der Waals surface area contributed by atoms with Crippen molar-refractivity contribution in [2.75, 3.05) is 23.4 Å². The first kappa shape index (κ1) is 19.9. The fourth-order valence-electron chi connectivity index (χ4n) is 3.04. The molecule has 1 atom stereocenters.